The fourth-order valence-electron chi connectivity index (χ4n) is 8.13. The van der Waals surface area contributed by atoms with E-state index in [0.29, 0.717) is 18.8 Å². The minimum atomic E-state index is -1.54. The Labute approximate surface area is 200 Å². The lowest BCUT2D eigenvalue weighted by atomic mass is 9.62. The average molecular weight is 481 g/mol. The molecule has 0 aromatic rings. The molecule has 5 rings (SSSR count). The molecule has 3 saturated carbocycles. The van der Waals surface area contributed by atoms with Crippen molar-refractivity contribution in [2.45, 2.75) is 101 Å². The lowest BCUT2D eigenvalue weighted by Crippen LogP contribution is -2.61. The second kappa shape index (κ2) is 8.08. The number of hydrogen-bond acceptors (Lipinski definition) is 8. The number of allylic oxidation sites excluding steroid dienone is 2. The van der Waals surface area contributed by atoms with Gasteiger partial charge in [0.25, 0.3) is 0 Å². The van der Waals surface area contributed by atoms with Gasteiger partial charge in [-0.25, -0.2) is 0 Å². The summed E-state index contributed by atoms with van der Waals surface area (Å²) in [4.78, 5) is 0. The summed E-state index contributed by atoms with van der Waals surface area (Å²) in [7, 11) is 0. The molecule has 0 unspecified atom stereocenters. The zero-order valence-electron chi connectivity index (χ0n) is 20.3. The quantitative estimate of drug-likeness (QED) is 0.323. The van der Waals surface area contributed by atoms with Crippen LogP contribution in [0.4, 0.5) is 0 Å². The highest BCUT2D eigenvalue weighted by Crippen LogP contribution is 2.66. The number of fused-ring (bicyclic) bond motifs is 2. The molecule has 1 saturated heterocycles. The highest BCUT2D eigenvalue weighted by atomic mass is 16.7. The van der Waals surface area contributed by atoms with E-state index >= 15 is 0 Å². The summed E-state index contributed by atoms with van der Waals surface area (Å²) < 4.78 is 11.7. The van der Waals surface area contributed by atoms with Crippen molar-refractivity contribution >= 4 is 0 Å². The van der Waals surface area contributed by atoms with Crippen LogP contribution in [0.15, 0.2) is 23.8 Å². The van der Waals surface area contributed by atoms with Crippen LogP contribution < -0.4 is 0 Å². The standard InChI is InChI=1S/C26H40O8/c1-12-8-25-9-14(12)5-6-15(25)13(2)16-7-19(24(3,4)26(16,32)18(28)10-25)34-23-22(31)21(30)20(29)17(11-27)33-23/h8,14-23,27-32H,2,5-7,9-11H2,1,3-4H3/t14-,15+,16+,17-,18-,19+,20-,21+,22-,23+,25-,26+/m1/s1. The van der Waals surface area contributed by atoms with Gasteiger partial charge in [-0.2, -0.15) is 0 Å². The Bertz CT molecular complexity index is 869. The summed E-state index contributed by atoms with van der Waals surface area (Å²) in [5.74, 6) is 0.318. The lowest BCUT2D eigenvalue weighted by molar-refractivity contribution is -0.321. The van der Waals surface area contributed by atoms with Crippen molar-refractivity contribution in [3.8, 4) is 0 Å². The number of aliphatic hydroxyl groups excluding tert-OH is 5. The van der Waals surface area contributed by atoms with Gasteiger partial charge in [0.05, 0.1) is 18.8 Å². The third-order valence-corrected chi connectivity index (χ3v) is 10.2. The van der Waals surface area contributed by atoms with Gasteiger partial charge < -0.3 is 40.1 Å². The Kier molecular flexibility index (Phi) is 5.90. The van der Waals surface area contributed by atoms with Crippen LogP contribution in [0.2, 0.25) is 0 Å². The van der Waals surface area contributed by atoms with E-state index < -0.39 is 66.5 Å². The summed E-state index contributed by atoms with van der Waals surface area (Å²) in [5, 5.41) is 64.1. The molecular weight excluding hydrogens is 440 g/mol. The van der Waals surface area contributed by atoms with Gasteiger partial charge >= 0.3 is 0 Å². The minimum absolute atomic E-state index is 0.173. The average Bonchev–Trinajstić information content (AvgIpc) is 3.12. The van der Waals surface area contributed by atoms with E-state index in [1.54, 1.807) is 0 Å². The Balaban J connectivity index is 1.45. The predicted molar refractivity (Wildman–Crippen MR) is 122 cm³/mol. The molecule has 4 fully saturated rings. The second-order valence-electron chi connectivity index (χ2n) is 12.1. The first-order valence-electron chi connectivity index (χ1n) is 12.6. The molecule has 6 N–H and O–H groups in total. The maximum atomic E-state index is 12.2. The topological polar surface area (TPSA) is 140 Å². The summed E-state index contributed by atoms with van der Waals surface area (Å²) in [6, 6.07) is 0. The first-order valence-corrected chi connectivity index (χ1v) is 12.6. The first-order chi connectivity index (χ1) is 15.9. The fourth-order valence-corrected chi connectivity index (χ4v) is 8.13. The third kappa shape index (κ3) is 3.20. The summed E-state index contributed by atoms with van der Waals surface area (Å²) in [6.07, 6.45) is -2.26. The minimum Gasteiger partial charge on any atom is -0.394 e. The molecule has 5 aliphatic rings. The van der Waals surface area contributed by atoms with Crippen molar-refractivity contribution in [3.05, 3.63) is 23.8 Å². The van der Waals surface area contributed by atoms with E-state index in [4.69, 9.17) is 9.47 Å². The summed E-state index contributed by atoms with van der Waals surface area (Å²) in [5.41, 5.74) is -0.261. The van der Waals surface area contributed by atoms with E-state index in [9.17, 15) is 30.6 Å². The maximum Gasteiger partial charge on any atom is 0.186 e. The van der Waals surface area contributed by atoms with Crippen LogP contribution in [-0.2, 0) is 9.47 Å². The van der Waals surface area contributed by atoms with Gasteiger partial charge in [0.15, 0.2) is 6.29 Å². The van der Waals surface area contributed by atoms with E-state index in [0.717, 1.165) is 24.8 Å². The molecule has 8 heteroatoms. The van der Waals surface area contributed by atoms with Crippen molar-refractivity contribution in [1.29, 1.82) is 0 Å². The monoisotopic (exact) mass is 480 g/mol. The van der Waals surface area contributed by atoms with Crippen molar-refractivity contribution in [2.24, 2.45) is 28.6 Å². The highest BCUT2D eigenvalue weighted by molar-refractivity contribution is 5.35. The van der Waals surface area contributed by atoms with Gasteiger partial charge in [0, 0.05) is 11.3 Å². The molecule has 1 heterocycles. The number of ether oxygens (including phenoxy) is 2. The van der Waals surface area contributed by atoms with E-state index in [2.05, 4.69) is 19.6 Å². The molecule has 0 radical (unpaired) electrons. The van der Waals surface area contributed by atoms with Crippen LogP contribution >= 0.6 is 0 Å². The first kappa shape index (κ1) is 24.8. The predicted octanol–water partition coefficient (Wildman–Crippen LogP) is 0.632. The normalized spacial score (nSPS) is 54.3. The molecule has 192 valence electrons. The van der Waals surface area contributed by atoms with Crippen molar-refractivity contribution in [2.75, 3.05) is 6.61 Å². The lowest BCUT2D eigenvalue weighted by Gasteiger charge is -2.47. The summed E-state index contributed by atoms with van der Waals surface area (Å²) in [6.45, 7) is 9.81. The Morgan fingerprint density at radius 2 is 1.76 bits per heavy atom. The molecule has 1 spiro atoms. The second-order valence-corrected chi connectivity index (χ2v) is 12.1. The molecule has 0 aromatic heterocycles. The molecule has 12 atom stereocenters. The molecule has 34 heavy (non-hydrogen) atoms. The zero-order chi connectivity index (χ0) is 24.8. The van der Waals surface area contributed by atoms with Crippen molar-refractivity contribution in [3.63, 3.8) is 0 Å². The van der Waals surface area contributed by atoms with Crippen LogP contribution in [0.5, 0.6) is 0 Å². The van der Waals surface area contributed by atoms with Gasteiger partial charge in [0.1, 0.15) is 30.0 Å². The van der Waals surface area contributed by atoms with Crippen LogP contribution in [0.3, 0.4) is 0 Å². The molecule has 8 nitrogen and oxygen atoms in total. The largest absolute Gasteiger partial charge is 0.394 e. The van der Waals surface area contributed by atoms with E-state index in [1.165, 1.54) is 5.57 Å². The van der Waals surface area contributed by atoms with E-state index in [-0.39, 0.29) is 11.3 Å². The zero-order valence-corrected chi connectivity index (χ0v) is 20.3. The third-order valence-electron chi connectivity index (χ3n) is 10.2. The molecule has 2 bridgehead atoms. The van der Waals surface area contributed by atoms with Crippen LogP contribution in [0.25, 0.3) is 0 Å². The highest BCUT2D eigenvalue weighted by Gasteiger charge is 2.69. The number of rotatable bonds is 3. The van der Waals surface area contributed by atoms with Gasteiger partial charge in [-0.05, 0) is 56.3 Å². The van der Waals surface area contributed by atoms with Gasteiger partial charge in [-0.3, -0.25) is 0 Å². The van der Waals surface area contributed by atoms with E-state index in [1.807, 2.05) is 13.8 Å². The SMILES string of the molecule is C=C1[C@@H]2CC[C@@H]3C[C@]2(C=C3C)C[C@@H](O)[C@@]2(O)[C@H]1C[C@H](O[C@@H]1O[C@H](CO)[C@@H](O)[C@H](O)[C@H]1O)C2(C)C. The number of hydrogen-bond donors (Lipinski definition) is 6. The molecule has 1 aliphatic heterocycles. The van der Waals surface area contributed by atoms with Gasteiger partial charge in [-0.1, -0.05) is 37.6 Å². The molecule has 4 aliphatic carbocycles. The number of aliphatic hydroxyl groups is 6. The fraction of sp³-hybridized carbons (Fsp3) is 0.846. The van der Waals surface area contributed by atoms with Gasteiger partial charge in [0.2, 0.25) is 0 Å². The Morgan fingerprint density at radius 1 is 1.06 bits per heavy atom. The van der Waals surface area contributed by atoms with Crippen molar-refractivity contribution < 1.29 is 40.1 Å². The molecule has 0 amide bonds. The molecule has 0 aromatic carbocycles. The smallest absolute Gasteiger partial charge is 0.186 e. The van der Waals surface area contributed by atoms with Crippen LogP contribution in [0.1, 0.15) is 52.9 Å². The summed E-state index contributed by atoms with van der Waals surface area (Å²) >= 11 is 0. The maximum absolute atomic E-state index is 12.2. The Morgan fingerprint density at radius 3 is 2.44 bits per heavy atom. The Hall–Kier alpha value is -0.840. The van der Waals surface area contributed by atoms with Crippen molar-refractivity contribution in [1.82, 2.24) is 0 Å². The molecular formula is C26H40O8. The van der Waals surface area contributed by atoms with Gasteiger partial charge in [-0.15, -0.1) is 0 Å². The van der Waals surface area contributed by atoms with Crippen LogP contribution in [0, 0.1) is 28.6 Å². The van der Waals surface area contributed by atoms with Crippen LogP contribution in [-0.4, -0.2) is 85.8 Å².